The second-order valence-corrected chi connectivity index (χ2v) is 2.56. The van der Waals surface area contributed by atoms with Gasteiger partial charge < -0.3 is 0 Å². The maximum Gasteiger partial charge on any atom is 0.328 e. The number of imidazole rings is 1. The van der Waals surface area contributed by atoms with Crippen LogP contribution in [-0.2, 0) is 17.9 Å². The third-order valence-electron chi connectivity index (χ3n) is 1.73. The Bertz CT molecular complexity index is 352. The van der Waals surface area contributed by atoms with E-state index in [9.17, 15) is 9.59 Å². The fraction of sp³-hybridized carbons (Fsp3) is 0.429. The Kier molecular flexibility index (Phi) is 2.86. The molecule has 0 aromatic carbocycles. The molecule has 0 aliphatic carbocycles. The van der Waals surface area contributed by atoms with E-state index >= 15 is 0 Å². The first-order chi connectivity index (χ1) is 6.19. The van der Waals surface area contributed by atoms with E-state index in [0.717, 1.165) is 0 Å². The SMILES string of the molecule is CCn1ccn(CC(=O)NN)c1=O. The number of nitrogens with zero attached hydrogens (tertiary/aromatic N) is 2. The smallest absolute Gasteiger partial charge is 0.300 e. The molecule has 1 rings (SSSR count). The van der Waals surface area contributed by atoms with E-state index in [1.54, 1.807) is 12.4 Å². The van der Waals surface area contributed by atoms with E-state index < -0.39 is 5.91 Å². The highest BCUT2D eigenvalue weighted by Crippen LogP contribution is 1.84. The lowest BCUT2D eigenvalue weighted by molar-refractivity contribution is -0.121. The van der Waals surface area contributed by atoms with Gasteiger partial charge in [-0.3, -0.25) is 19.4 Å². The zero-order valence-electron chi connectivity index (χ0n) is 7.36. The molecule has 72 valence electrons. The lowest BCUT2D eigenvalue weighted by atomic mass is 10.6. The molecule has 0 aliphatic rings. The number of aryl methyl sites for hydroxylation is 1. The van der Waals surface area contributed by atoms with Gasteiger partial charge in [0.1, 0.15) is 6.54 Å². The van der Waals surface area contributed by atoms with Crippen LogP contribution >= 0.6 is 0 Å². The van der Waals surface area contributed by atoms with E-state index in [-0.39, 0.29) is 12.2 Å². The maximum absolute atomic E-state index is 11.4. The molecule has 1 aromatic heterocycles. The Labute approximate surface area is 74.9 Å². The van der Waals surface area contributed by atoms with Gasteiger partial charge in [-0.05, 0) is 6.92 Å². The maximum atomic E-state index is 11.4. The van der Waals surface area contributed by atoms with Crippen molar-refractivity contribution < 1.29 is 4.79 Å². The molecular formula is C7H12N4O2. The predicted octanol–water partition coefficient (Wildman–Crippen LogP) is -1.34. The largest absolute Gasteiger partial charge is 0.328 e. The van der Waals surface area contributed by atoms with Crippen molar-refractivity contribution in [1.82, 2.24) is 14.6 Å². The third-order valence-corrected chi connectivity index (χ3v) is 1.73. The monoisotopic (exact) mass is 184 g/mol. The number of amides is 1. The van der Waals surface area contributed by atoms with Crippen LogP contribution in [0.5, 0.6) is 0 Å². The summed E-state index contributed by atoms with van der Waals surface area (Å²) >= 11 is 0. The van der Waals surface area contributed by atoms with Crippen molar-refractivity contribution in [3.63, 3.8) is 0 Å². The van der Waals surface area contributed by atoms with Gasteiger partial charge in [-0.2, -0.15) is 0 Å². The molecule has 6 nitrogen and oxygen atoms in total. The van der Waals surface area contributed by atoms with Crippen LogP contribution < -0.4 is 17.0 Å². The van der Waals surface area contributed by atoms with Crippen molar-refractivity contribution in [3.8, 4) is 0 Å². The molecule has 6 heteroatoms. The van der Waals surface area contributed by atoms with Crippen LogP contribution in [0.15, 0.2) is 17.2 Å². The summed E-state index contributed by atoms with van der Waals surface area (Å²) in [6.07, 6.45) is 3.19. The molecule has 0 saturated heterocycles. The molecule has 0 bridgehead atoms. The Hall–Kier alpha value is -1.56. The number of hydrogen-bond donors (Lipinski definition) is 2. The fourth-order valence-electron chi connectivity index (χ4n) is 1.01. The molecule has 0 aliphatic heterocycles. The van der Waals surface area contributed by atoms with Crippen LogP contribution in [0.2, 0.25) is 0 Å². The first kappa shape index (κ1) is 9.53. The summed E-state index contributed by atoms with van der Waals surface area (Å²) in [4.78, 5) is 22.2. The normalized spacial score (nSPS) is 10.0. The topological polar surface area (TPSA) is 82.1 Å². The standard InChI is InChI=1S/C7H12N4O2/c1-2-10-3-4-11(7(10)13)5-6(12)9-8/h3-4H,2,5,8H2,1H3,(H,9,12). The molecule has 1 amide bonds. The van der Waals surface area contributed by atoms with E-state index in [4.69, 9.17) is 5.84 Å². The minimum atomic E-state index is -0.393. The molecular weight excluding hydrogens is 172 g/mol. The lowest BCUT2D eigenvalue weighted by Crippen LogP contribution is -2.36. The number of rotatable bonds is 3. The number of nitrogens with two attached hydrogens (primary N) is 1. The van der Waals surface area contributed by atoms with Gasteiger partial charge >= 0.3 is 5.69 Å². The fourth-order valence-corrected chi connectivity index (χ4v) is 1.01. The average Bonchev–Trinajstić information content (AvgIpc) is 2.48. The molecule has 0 radical (unpaired) electrons. The van der Waals surface area contributed by atoms with E-state index in [1.807, 2.05) is 12.3 Å². The Morgan fingerprint density at radius 3 is 2.62 bits per heavy atom. The van der Waals surface area contributed by atoms with Crippen molar-refractivity contribution in [3.05, 3.63) is 22.9 Å². The van der Waals surface area contributed by atoms with Gasteiger partial charge in [0, 0.05) is 18.9 Å². The Morgan fingerprint density at radius 1 is 1.54 bits per heavy atom. The highest BCUT2D eigenvalue weighted by molar-refractivity contribution is 5.74. The first-order valence-electron chi connectivity index (χ1n) is 3.94. The molecule has 0 saturated carbocycles. The van der Waals surface area contributed by atoms with Crippen LogP contribution in [-0.4, -0.2) is 15.0 Å². The van der Waals surface area contributed by atoms with Gasteiger partial charge in [0.2, 0.25) is 0 Å². The highest BCUT2D eigenvalue weighted by Gasteiger charge is 2.04. The Balaban J connectivity index is 2.84. The highest BCUT2D eigenvalue weighted by atomic mass is 16.2. The number of carbonyl (C=O) groups is 1. The second kappa shape index (κ2) is 3.90. The molecule has 13 heavy (non-hydrogen) atoms. The molecule has 1 aromatic rings. The van der Waals surface area contributed by atoms with E-state index in [0.29, 0.717) is 6.54 Å². The second-order valence-electron chi connectivity index (χ2n) is 2.56. The summed E-state index contributed by atoms with van der Waals surface area (Å²) < 4.78 is 2.80. The summed E-state index contributed by atoms with van der Waals surface area (Å²) in [6, 6.07) is 0. The minimum Gasteiger partial charge on any atom is -0.300 e. The van der Waals surface area contributed by atoms with E-state index in [1.165, 1.54) is 9.13 Å². The van der Waals surface area contributed by atoms with Crippen molar-refractivity contribution in [2.75, 3.05) is 0 Å². The third kappa shape index (κ3) is 1.97. The van der Waals surface area contributed by atoms with Crippen LogP contribution in [0.25, 0.3) is 0 Å². The van der Waals surface area contributed by atoms with Gasteiger partial charge in [0.05, 0.1) is 0 Å². The van der Waals surface area contributed by atoms with Gasteiger partial charge in [-0.1, -0.05) is 0 Å². The number of hydrazine groups is 1. The molecule has 0 atom stereocenters. The molecule has 1 heterocycles. The van der Waals surface area contributed by atoms with Crippen molar-refractivity contribution in [2.24, 2.45) is 5.84 Å². The van der Waals surface area contributed by atoms with Crippen molar-refractivity contribution in [1.29, 1.82) is 0 Å². The molecule has 0 fully saturated rings. The summed E-state index contributed by atoms with van der Waals surface area (Å²) in [7, 11) is 0. The quantitative estimate of drug-likeness (QED) is 0.346. The molecule has 0 unspecified atom stereocenters. The number of hydrogen-bond acceptors (Lipinski definition) is 3. The summed E-state index contributed by atoms with van der Waals surface area (Å²) in [5.41, 5.74) is 1.76. The van der Waals surface area contributed by atoms with Crippen LogP contribution in [0.3, 0.4) is 0 Å². The summed E-state index contributed by atoms with van der Waals surface area (Å²) in [6.45, 7) is 2.41. The number of aromatic nitrogens is 2. The molecule has 0 spiro atoms. The van der Waals surface area contributed by atoms with Crippen LogP contribution in [0.4, 0.5) is 0 Å². The van der Waals surface area contributed by atoms with Gasteiger partial charge in [0.25, 0.3) is 5.91 Å². The van der Waals surface area contributed by atoms with Gasteiger partial charge in [-0.25, -0.2) is 10.6 Å². The minimum absolute atomic E-state index is 0.0394. The zero-order valence-corrected chi connectivity index (χ0v) is 7.36. The number of carbonyl (C=O) groups excluding carboxylic acids is 1. The van der Waals surface area contributed by atoms with Gasteiger partial charge in [0.15, 0.2) is 0 Å². The average molecular weight is 184 g/mol. The van der Waals surface area contributed by atoms with Crippen molar-refractivity contribution in [2.45, 2.75) is 20.0 Å². The van der Waals surface area contributed by atoms with E-state index in [2.05, 4.69) is 0 Å². The predicted molar refractivity (Wildman–Crippen MR) is 46.7 cm³/mol. The van der Waals surface area contributed by atoms with Gasteiger partial charge in [-0.15, -0.1) is 0 Å². The number of nitrogens with one attached hydrogen (secondary N) is 1. The van der Waals surface area contributed by atoms with Crippen LogP contribution in [0, 0.1) is 0 Å². The van der Waals surface area contributed by atoms with Crippen LogP contribution in [0.1, 0.15) is 6.92 Å². The Morgan fingerprint density at radius 2 is 2.15 bits per heavy atom. The lowest BCUT2D eigenvalue weighted by Gasteiger charge is -1.98. The summed E-state index contributed by atoms with van der Waals surface area (Å²) in [5.74, 6) is 4.49. The zero-order chi connectivity index (χ0) is 9.84. The first-order valence-corrected chi connectivity index (χ1v) is 3.94. The summed E-state index contributed by atoms with van der Waals surface area (Å²) in [5, 5.41) is 0. The molecule has 3 N–H and O–H groups in total. The van der Waals surface area contributed by atoms with Crippen molar-refractivity contribution >= 4 is 5.91 Å².